The van der Waals surface area contributed by atoms with Crippen molar-refractivity contribution in [3.05, 3.63) is 6.92 Å². The first-order valence-corrected chi connectivity index (χ1v) is 5.79. The van der Waals surface area contributed by atoms with Crippen LogP contribution in [-0.2, 0) is 0 Å². The van der Waals surface area contributed by atoms with Gasteiger partial charge in [-0.2, -0.15) is 0 Å². The largest absolute Gasteiger partial charge is 0.306 e. The van der Waals surface area contributed by atoms with Crippen LogP contribution in [0.1, 0.15) is 51.9 Å². The van der Waals surface area contributed by atoms with Crippen LogP contribution in [0.25, 0.3) is 0 Å². The highest BCUT2D eigenvalue weighted by molar-refractivity contribution is 4.53. The first-order valence-electron chi connectivity index (χ1n) is 5.79. The minimum absolute atomic E-state index is 1.03. The van der Waals surface area contributed by atoms with Crippen LogP contribution in [0.4, 0.5) is 0 Å². The highest BCUT2D eigenvalue weighted by Gasteiger charge is 1.95. The Morgan fingerprint density at radius 1 is 0.923 bits per heavy atom. The summed E-state index contributed by atoms with van der Waals surface area (Å²) in [7, 11) is 2.19. The SMILES string of the molecule is [CH2]CCN(C)CCCCCCCC. The lowest BCUT2D eigenvalue weighted by atomic mass is 10.1. The molecule has 0 heterocycles. The molecule has 0 saturated heterocycles. The molecule has 1 nitrogen and oxygen atoms in total. The molecule has 13 heavy (non-hydrogen) atoms. The Morgan fingerprint density at radius 2 is 1.54 bits per heavy atom. The van der Waals surface area contributed by atoms with E-state index in [2.05, 4.69) is 25.8 Å². The fourth-order valence-electron chi connectivity index (χ4n) is 1.54. The summed E-state index contributed by atoms with van der Waals surface area (Å²) >= 11 is 0. The second-order valence-corrected chi connectivity index (χ2v) is 3.92. The molecule has 0 aliphatic rings. The van der Waals surface area contributed by atoms with E-state index in [9.17, 15) is 0 Å². The first-order chi connectivity index (χ1) is 6.31. The van der Waals surface area contributed by atoms with Crippen LogP contribution in [0.5, 0.6) is 0 Å². The highest BCUT2D eigenvalue weighted by atomic mass is 15.1. The summed E-state index contributed by atoms with van der Waals surface area (Å²) in [5.74, 6) is 0. The molecule has 0 amide bonds. The van der Waals surface area contributed by atoms with Crippen LogP contribution in [0.2, 0.25) is 0 Å². The number of hydrogen-bond donors (Lipinski definition) is 0. The van der Waals surface area contributed by atoms with Crippen molar-refractivity contribution in [3.63, 3.8) is 0 Å². The molecule has 0 aliphatic carbocycles. The van der Waals surface area contributed by atoms with Gasteiger partial charge in [-0.05, 0) is 33.0 Å². The molecule has 0 N–H and O–H groups in total. The Bertz CT molecular complexity index is 91.1. The van der Waals surface area contributed by atoms with Crippen molar-refractivity contribution in [2.75, 3.05) is 20.1 Å². The Kier molecular flexibility index (Phi) is 10.0. The van der Waals surface area contributed by atoms with Crippen LogP contribution in [0.3, 0.4) is 0 Å². The van der Waals surface area contributed by atoms with Crippen LogP contribution in [0.15, 0.2) is 0 Å². The third kappa shape index (κ3) is 9.88. The van der Waals surface area contributed by atoms with E-state index in [1.54, 1.807) is 0 Å². The van der Waals surface area contributed by atoms with Gasteiger partial charge in [-0.3, -0.25) is 0 Å². The molecule has 1 heteroatoms. The molecule has 0 aromatic carbocycles. The highest BCUT2D eigenvalue weighted by Crippen LogP contribution is 2.05. The molecule has 79 valence electrons. The van der Waals surface area contributed by atoms with Crippen molar-refractivity contribution in [2.24, 2.45) is 0 Å². The molecule has 0 aromatic rings. The monoisotopic (exact) mass is 184 g/mol. The van der Waals surface area contributed by atoms with Crippen LogP contribution >= 0.6 is 0 Å². The first kappa shape index (κ1) is 13.0. The van der Waals surface area contributed by atoms with E-state index in [-0.39, 0.29) is 0 Å². The third-order valence-corrected chi connectivity index (χ3v) is 2.43. The van der Waals surface area contributed by atoms with Crippen molar-refractivity contribution >= 4 is 0 Å². The minimum Gasteiger partial charge on any atom is -0.306 e. The van der Waals surface area contributed by atoms with Gasteiger partial charge in [0.05, 0.1) is 0 Å². The zero-order chi connectivity index (χ0) is 9.94. The van der Waals surface area contributed by atoms with E-state index in [1.165, 1.54) is 45.1 Å². The van der Waals surface area contributed by atoms with Gasteiger partial charge < -0.3 is 4.90 Å². The molecule has 0 aliphatic heterocycles. The quantitative estimate of drug-likeness (QED) is 0.496. The third-order valence-electron chi connectivity index (χ3n) is 2.43. The molecule has 0 bridgehead atoms. The van der Waals surface area contributed by atoms with E-state index < -0.39 is 0 Å². The molecule has 0 fully saturated rings. The zero-order valence-electron chi connectivity index (χ0n) is 9.52. The van der Waals surface area contributed by atoms with E-state index in [4.69, 9.17) is 0 Å². The molecule has 0 saturated carbocycles. The Hall–Kier alpha value is -0.0400. The van der Waals surface area contributed by atoms with Gasteiger partial charge in [0.1, 0.15) is 0 Å². The van der Waals surface area contributed by atoms with Gasteiger partial charge in [0, 0.05) is 0 Å². The smallest absolute Gasteiger partial charge is 0.00218 e. The molecular formula is C12H26N. The van der Waals surface area contributed by atoms with Gasteiger partial charge in [0.15, 0.2) is 0 Å². The maximum absolute atomic E-state index is 3.85. The van der Waals surface area contributed by atoms with Crippen molar-refractivity contribution < 1.29 is 0 Å². The lowest BCUT2D eigenvalue weighted by Gasteiger charge is -2.14. The molecule has 0 aromatic heterocycles. The van der Waals surface area contributed by atoms with Crippen molar-refractivity contribution in [3.8, 4) is 0 Å². The predicted molar refractivity (Wildman–Crippen MR) is 60.8 cm³/mol. The average Bonchev–Trinajstić information content (AvgIpc) is 2.11. The Morgan fingerprint density at radius 3 is 2.15 bits per heavy atom. The van der Waals surface area contributed by atoms with Crippen LogP contribution in [-0.4, -0.2) is 25.0 Å². The van der Waals surface area contributed by atoms with E-state index in [0.29, 0.717) is 0 Å². The topological polar surface area (TPSA) is 3.24 Å². The number of hydrogen-bond acceptors (Lipinski definition) is 1. The number of nitrogens with zero attached hydrogens (tertiary/aromatic N) is 1. The van der Waals surface area contributed by atoms with Crippen molar-refractivity contribution in [1.82, 2.24) is 4.90 Å². The van der Waals surface area contributed by atoms with Gasteiger partial charge in [-0.1, -0.05) is 46.0 Å². The van der Waals surface area contributed by atoms with Crippen molar-refractivity contribution in [1.29, 1.82) is 0 Å². The molecule has 0 spiro atoms. The summed E-state index contributed by atoms with van der Waals surface area (Å²) in [5, 5.41) is 0. The normalized spacial score (nSPS) is 11.1. The minimum atomic E-state index is 1.03. The summed E-state index contributed by atoms with van der Waals surface area (Å²) in [6, 6.07) is 0. The molecule has 0 rings (SSSR count). The van der Waals surface area contributed by atoms with Gasteiger partial charge in [-0.15, -0.1) is 0 Å². The summed E-state index contributed by atoms with van der Waals surface area (Å²) in [6.45, 7) is 8.52. The Labute approximate surface area is 84.5 Å². The average molecular weight is 184 g/mol. The summed E-state index contributed by atoms with van der Waals surface area (Å²) in [4.78, 5) is 2.38. The molecular weight excluding hydrogens is 158 g/mol. The number of unbranched alkanes of at least 4 members (excludes halogenated alkanes) is 5. The second-order valence-electron chi connectivity index (χ2n) is 3.92. The maximum atomic E-state index is 3.85. The maximum Gasteiger partial charge on any atom is -0.00218 e. The predicted octanol–water partition coefficient (Wildman–Crippen LogP) is 3.50. The van der Waals surface area contributed by atoms with Gasteiger partial charge in [-0.25, -0.2) is 0 Å². The van der Waals surface area contributed by atoms with Crippen molar-refractivity contribution in [2.45, 2.75) is 51.9 Å². The lowest BCUT2D eigenvalue weighted by molar-refractivity contribution is 0.329. The fraction of sp³-hybridized carbons (Fsp3) is 0.917. The second kappa shape index (κ2) is 10.0. The standard InChI is InChI=1S/C12H26N/c1-4-6-7-8-9-10-12-13(3)11-5-2/h2,4-12H2,1,3H3. The zero-order valence-corrected chi connectivity index (χ0v) is 9.52. The summed E-state index contributed by atoms with van der Waals surface area (Å²) in [5.41, 5.74) is 0. The lowest BCUT2D eigenvalue weighted by Crippen LogP contribution is -2.20. The summed E-state index contributed by atoms with van der Waals surface area (Å²) in [6.07, 6.45) is 9.41. The summed E-state index contributed by atoms with van der Waals surface area (Å²) < 4.78 is 0. The van der Waals surface area contributed by atoms with Gasteiger partial charge >= 0.3 is 0 Å². The number of rotatable bonds is 9. The fourth-order valence-corrected chi connectivity index (χ4v) is 1.54. The Balaban J connectivity index is 2.97. The molecule has 1 radical (unpaired) electrons. The van der Waals surface area contributed by atoms with E-state index in [1.807, 2.05) is 0 Å². The van der Waals surface area contributed by atoms with E-state index >= 15 is 0 Å². The van der Waals surface area contributed by atoms with E-state index in [0.717, 1.165) is 13.0 Å². The van der Waals surface area contributed by atoms with Gasteiger partial charge in [0.25, 0.3) is 0 Å². The van der Waals surface area contributed by atoms with Crippen LogP contribution < -0.4 is 0 Å². The molecule has 0 atom stereocenters. The van der Waals surface area contributed by atoms with Gasteiger partial charge in [0.2, 0.25) is 0 Å². The van der Waals surface area contributed by atoms with Crippen LogP contribution in [0, 0.1) is 6.92 Å². The molecule has 0 unspecified atom stereocenters.